The van der Waals surface area contributed by atoms with E-state index in [9.17, 15) is 0 Å². The van der Waals surface area contributed by atoms with Gasteiger partial charge in [-0.1, -0.05) is 50.4 Å². The molecule has 8 heteroatoms. The molecule has 0 spiro atoms. The molecule has 0 bridgehead atoms. The monoisotopic (exact) mass is 527 g/mol. The summed E-state index contributed by atoms with van der Waals surface area (Å²) in [5, 5.41) is 9.14. The molecular formula is C24H37Cl2N4SiTi+. The van der Waals surface area contributed by atoms with Gasteiger partial charge in [-0.2, -0.15) is 0 Å². The van der Waals surface area contributed by atoms with Crippen molar-refractivity contribution in [2.24, 2.45) is 17.8 Å². The number of rotatable bonds is 4. The van der Waals surface area contributed by atoms with Crippen LogP contribution in [-0.2, 0) is 17.0 Å². The number of allylic oxidation sites excluding steroid dienone is 4. The first-order chi connectivity index (χ1) is 14.8. The second-order valence-corrected chi connectivity index (χ2v) is 16.7. The van der Waals surface area contributed by atoms with E-state index in [4.69, 9.17) is 18.6 Å². The van der Waals surface area contributed by atoms with E-state index in [0.717, 1.165) is 24.8 Å². The van der Waals surface area contributed by atoms with Crippen molar-refractivity contribution in [1.82, 2.24) is 4.57 Å². The molecule has 2 aliphatic carbocycles. The van der Waals surface area contributed by atoms with E-state index in [-0.39, 0.29) is 7.43 Å². The minimum atomic E-state index is -1.63. The molecule has 4 rings (SSSR count). The Hall–Kier alpha value is -0.109. The molecule has 3 aliphatic rings. The fraction of sp³-hybridized carbons (Fsp3) is 0.542. The molecule has 4 unspecified atom stereocenters. The summed E-state index contributed by atoms with van der Waals surface area (Å²) in [5.74, 6) is 2.03. The van der Waals surface area contributed by atoms with Crippen LogP contribution in [-0.4, -0.2) is 46.9 Å². The first kappa shape index (κ1) is 28.1. The van der Waals surface area contributed by atoms with Crippen LogP contribution in [0.3, 0.4) is 0 Å². The summed E-state index contributed by atoms with van der Waals surface area (Å²) in [6, 6.07) is 9.10. The van der Waals surface area contributed by atoms with Gasteiger partial charge < -0.3 is 27.5 Å². The number of nitrogens with zero attached hydrogens (tertiary/aromatic N) is 4. The van der Waals surface area contributed by atoms with Gasteiger partial charge in [0.2, 0.25) is 0 Å². The molecule has 1 aliphatic heterocycles. The molecule has 0 N–H and O–H groups in total. The van der Waals surface area contributed by atoms with E-state index in [1.54, 1.807) is 0 Å². The van der Waals surface area contributed by atoms with Gasteiger partial charge in [0.05, 0.1) is 0 Å². The average Bonchev–Trinajstić information content (AvgIpc) is 3.11. The van der Waals surface area contributed by atoms with Crippen molar-refractivity contribution >= 4 is 38.1 Å². The van der Waals surface area contributed by atoms with Crippen molar-refractivity contribution in [2.75, 3.05) is 39.0 Å². The standard InChI is InChI=1S/C23H34N4Si.CH3.2ClH.Ti/c1-17-13-22-20(18-9-11-19(12-10-18)26(2)3)7-6-8-21(22)23(17)28(4,5)27-15-24-14-25-16-27;;;;/h6-12,17,21-23H,13-16H2,1-5H3;1H3;2*1H;/q-2;-1;;;+6/p-2. The van der Waals surface area contributed by atoms with Crippen LogP contribution in [0.4, 0.5) is 5.69 Å². The number of benzene rings is 1. The molecule has 0 amide bonds. The molecule has 4 nitrogen and oxygen atoms in total. The zero-order valence-electron chi connectivity index (χ0n) is 20.2. The Bertz CT molecular complexity index is 779. The van der Waals surface area contributed by atoms with Crippen molar-refractivity contribution in [1.29, 1.82) is 0 Å². The average molecular weight is 528 g/mol. The summed E-state index contributed by atoms with van der Waals surface area (Å²) >= 11 is -0.556. The normalized spacial score (nSPS) is 27.7. The third-order valence-corrected chi connectivity index (χ3v) is 11.7. The number of halogens is 2. The fourth-order valence-electron chi connectivity index (χ4n) is 5.78. The molecule has 2 fully saturated rings. The molecule has 32 heavy (non-hydrogen) atoms. The molecule has 1 aromatic rings. The third kappa shape index (κ3) is 6.11. The third-order valence-electron chi connectivity index (χ3n) is 7.22. The summed E-state index contributed by atoms with van der Waals surface area (Å²) in [4.78, 5) is 2.16. The summed E-state index contributed by atoms with van der Waals surface area (Å²) in [6.45, 7) is 10.0. The van der Waals surface area contributed by atoms with Crippen molar-refractivity contribution < 1.29 is 17.0 Å². The van der Waals surface area contributed by atoms with Crippen molar-refractivity contribution in [3.05, 3.63) is 66.1 Å². The van der Waals surface area contributed by atoms with E-state index in [1.807, 2.05) is 0 Å². The minimum absolute atomic E-state index is 0. The number of hydrogen-bond donors (Lipinski definition) is 0. The van der Waals surface area contributed by atoms with Gasteiger partial charge >= 0.3 is 35.6 Å². The van der Waals surface area contributed by atoms with Gasteiger partial charge in [-0.15, -0.1) is 13.3 Å². The Labute approximate surface area is 213 Å². The summed E-state index contributed by atoms with van der Waals surface area (Å²) in [7, 11) is 12.3. The summed E-state index contributed by atoms with van der Waals surface area (Å²) in [6.07, 6.45) is 8.47. The maximum absolute atomic E-state index is 4.89. The van der Waals surface area contributed by atoms with Crippen molar-refractivity contribution in [2.45, 2.75) is 32.0 Å². The SMILES string of the molecule is CC1CC2C(c3ccc(N(C)C)cc3)=CC=CC2C1[Si](C)(C)N1C[N-]C[N-]C1.[CH3-].[Cl][Ti+4][Cl]. The zero-order chi connectivity index (χ0) is 22.6. The Morgan fingerprint density at radius 2 is 1.69 bits per heavy atom. The molecule has 1 saturated carbocycles. The van der Waals surface area contributed by atoms with Gasteiger partial charge in [0.1, 0.15) is 8.24 Å². The Morgan fingerprint density at radius 3 is 2.25 bits per heavy atom. The fourth-order valence-corrected chi connectivity index (χ4v) is 9.95. The summed E-state index contributed by atoms with van der Waals surface area (Å²) < 4.78 is 2.61. The number of fused-ring (bicyclic) bond motifs is 1. The van der Waals surface area contributed by atoms with Gasteiger partial charge in [0.15, 0.2) is 0 Å². The van der Waals surface area contributed by atoms with Crippen LogP contribution < -0.4 is 4.90 Å². The Balaban J connectivity index is 0.000000860. The van der Waals surface area contributed by atoms with Crippen LogP contribution >= 0.6 is 18.6 Å². The Morgan fingerprint density at radius 1 is 1.09 bits per heavy atom. The Kier molecular flexibility index (Phi) is 11.0. The van der Waals surface area contributed by atoms with Crippen LogP contribution in [0.15, 0.2) is 42.5 Å². The molecule has 1 saturated heterocycles. The van der Waals surface area contributed by atoms with Crippen LogP contribution in [0.1, 0.15) is 18.9 Å². The van der Waals surface area contributed by atoms with E-state index in [1.165, 1.54) is 23.2 Å². The molecule has 174 valence electrons. The number of hydrogen-bond acceptors (Lipinski definition) is 2. The second-order valence-electron chi connectivity index (χ2n) is 9.51. The predicted octanol–water partition coefficient (Wildman–Crippen LogP) is 7.32. The zero-order valence-corrected chi connectivity index (χ0v) is 24.3. The molecular weight excluding hydrogens is 491 g/mol. The summed E-state index contributed by atoms with van der Waals surface area (Å²) in [5.41, 5.74) is 4.93. The van der Waals surface area contributed by atoms with Gasteiger partial charge in [-0.25, -0.2) is 0 Å². The van der Waals surface area contributed by atoms with Crippen LogP contribution in [0.25, 0.3) is 16.2 Å². The molecule has 1 heterocycles. The van der Waals surface area contributed by atoms with Gasteiger partial charge in [-0.05, 0) is 53.0 Å². The van der Waals surface area contributed by atoms with Crippen molar-refractivity contribution in [3.8, 4) is 0 Å². The number of anilines is 1. The molecule has 1 aromatic carbocycles. The van der Waals surface area contributed by atoms with Crippen molar-refractivity contribution in [3.63, 3.8) is 0 Å². The molecule has 4 atom stereocenters. The van der Waals surface area contributed by atoms with Gasteiger partial charge in [0, 0.05) is 19.8 Å². The van der Waals surface area contributed by atoms with E-state index in [0.29, 0.717) is 18.5 Å². The van der Waals surface area contributed by atoms with Crippen LogP contribution in [0.5, 0.6) is 0 Å². The van der Waals surface area contributed by atoms with E-state index in [2.05, 4.69) is 96.7 Å². The van der Waals surface area contributed by atoms with E-state index >= 15 is 0 Å². The quantitative estimate of drug-likeness (QED) is 0.303. The van der Waals surface area contributed by atoms with E-state index < -0.39 is 25.3 Å². The first-order valence-electron chi connectivity index (χ1n) is 10.9. The van der Waals surface area contributed by atoms with Crippen LogP contribution in [0, 0.1) is 25.2 Å². The molecule has 0 aromatic heterocycles. The van der Waals surface area contributed by atoms with Gasteiger partial charge in [-0.3, -0.25) is 6.67 Å². The predicted molar refractivity (Wildman–Crippen MR) is 141 cm³/mol. The van der Waals surface area contributed by atoms with Crippen LogP contribution in [0.2, 0.25) is 18.6 Å². The second kappa shape index (κ2) is 12.6. The molecule has 0 radical (unpaired) electrons. The topological polar surface area (TPSA) is 34.7 Å². The van der Waals surface area contributed by atoms with Gasteiger partial charge in [0.25, 0.3) is 0 Å². The maximum atomic E-state index is 4.89. The first-order valence-corrected chi connectivity index (χ1v) is 18.3.